The van der Waals surface area contributed by atoms with E-state index >= 15 is 0 Å². The Balaban J connectivity index is 2.03. The van der Waals surface area contributed by atoms with Crippen LogP contribution >= 0.6 is 11.3 Å². The first kappa shape index (κ1) is 11.8. The van der Waals surface area contributed by atoms with Crippen molar-refractivity contribution in [3.8, 4) is 0 Å². The Bertz CT molecular complexity index is 477. The fraction of sp³-hybridized carbons (Fsp3) is 0.364. The van der Waals surface area contributed by atoms with Crippen molar-refractivity contribution in [2.75, 3.05) is 5.32 Å². The van der Waals surface area contributed by atoms with Gasteiger partial charge in [-0.05, 0) is 6.42 Å². The van der Waals surface area contributed by atoms with Crippen LogP contribution in [0.3, 0.4) is 0 Å². The van der Waals surface area contributed by atoms with Crippen LogP contribution in [0.25, 0.3) is 0 Å². The number of anilines is 1. The van der Waals surface area contributed by atoms with Crippen LogP contribution < -0.4 is 5.32 Å². The Morgan fingerprint density at radius 1 is 1.59 bits per heavy atom. The van der Waals surface area contributed by atoms with Crippen molar-refractivity contribution < 1.29 is 4.79 Å². The van der Waals surface area contributed by atoms with Gasteiger partial charge in [-0.2, -0.15) is 5.10 Å². The van der Waals surface area contributed by atoms with Crippen LogP contribution in [0.5, 0.6) is 0 Å². The standard InChI is InChI=1S/C11H14N4OS/c1-2-3-6-15-10(4-5-13-15)14-11(16)9-7-17-8-12-9/h4-5,7-8H,2-3,6H2,1H3,(H,14,16). The number of carbonyl (C=O) groups is 1. The number of amides is 1. The Hall–Kier alpha value is -1.69. The minimum absolute atomic E-state index is 0.190. The van der Waals surface area contributed by atoms with Crippen LogP contribution in [0, 0.1) is 0 Å². The zero-order chi connectivity index (χ0) is 12.1. The normalized spacial score (nSPS) is 10.4. The highest BCUT2D eigenvalue weighted by Crippen LogP contribution is 2.10. The van der Waals surface area contributed by atoms with E-state index in [9.17, 15) is 4.79 Å². The van der Waals surface area contributed by atoms with Crippen molar-refractivity contribution in [2.45, 2.75) is 26.3 Å². The third kappa shape index (κ3) is 2.91. The van der Waals surface area contributed by atoms with Gasteiger partial charge < -0.3 is 5.32 Å². The summed E-state index contributed by atoms with van der Waals surface area (Å²) in [6.07, 6.45) is 3.83. The number of carbonyl (C=O) groups excluding carboxylic acids is 1. The van der Waals surface area contributed by atoms with Gasteiger partial charge in [0.05, 0.1) is 11.7 Å². The maximum Gasteiger partial charge on any atom is 0.276 e. The van der Waals surface area contributed by atoms with E-state index in [-0.39, 0.29) is 5.91 Å². The molecule has 17 heavy (non-hydrogen) atoms. The van der Waals surface area contributed by atoms with Crippen molar-refractivity contribution in [1.29, 1.82) is 0 Å². The molecule has 0 unspecified atom stereocenters. The molecule has 6 heteroatoms. The number of thiazole rings is 1. The highest BCUT2D eigenvalue weighted by Gasteiger charge is 2.10. The summed E-state index contributed by atoms with van der Waals surface area (Å²) in [5.41, 5.74) is 2.08. The summed E-state index contributed by atoms with van der Waals surface area (Å²) in [5.74, 6) is 0.529. The maximum absolute atomic E-state index is 11.8. The number of aromatic nitrogens is 3. The summed E-state index contributed by atoms with van der Waals surface area (Å²) in [6.45, 7) is 2.94. The van der Waals surface area contributed by atoms with Gasteiger partial charge in [-0.25, -0.2) is 9.67 Å². The summed E-state index contributed by atoms with van der Waals surface area (Å²) in [6, 6.07) is 1.79. The van der Waals surface area contributed by atoms with Gasteiger partial charge >= 0.3 is 0 Å². The lowest BCUT2D eigenvalue weighted by molar-refractivity contribution is 0.102. The number of rotatable bonds is 5. The molecule has 0 aliphatic heterocycles. The SMILES string of the molecule is CCCCn1nccc1NC(=O)c1cscn1. The van der Waals surface area contributed by atoms with Crippen LogP contribution in [0.15, 0.2) is 23.2 Å². The van der Waals surface area contributed by atoms with Crippen LogP contribution in [0.2, 0.25) is 0 Å². The lowest BCUT2D eigenvalue weighted by Gasteiger charge is -2.07. The van der Waals surface area contributed by atoms with Crippen molar-refractivity contribution in [3.63, 3.8) is 0 Å². The molecule has 5 nitrogen and oxygen atoms in total. The average Bonchev–Trinajstić information content (AvgIpc) is 2.97. The Kier molecular flexibility index (Phi) is 3.87. The van der Waals surface area contributed by atoms with Crippen LogP contribution in [0.1, 0.15) is 30.3 Å². The highest BCUT2D eigenvalue weighted by molar-refractivity contribution is 7.07. The van der Waals surface area contributed by atoms with Crippen molar-refractivity contribution >= 4 is 23.1 Å². The number of unbranched alkanes of at least 4 members (excludes halogenated alkanes) is 1. The van der Waals surface area contributed by atoms with Gasteiger partial charge in [0.25, 0.3) is 5.91 Å². The molecule has 0 aliphatic carbocycles. The molecule has 0 bridgehead atoms. The Labute approximate surface area is 103 Å². The summed E-state index contributed by atoms with van der Waals surface area (Å²) >= 11 is 1.40. The molecule has 0 atom stereocenters. The van der Waals surface area contributed by atoms with E-state index in [1.165, 1.54) is 11.3 Å². The molecule has 90 valence electrons. The molecule has 2 rings (SSSR count). The summed E-state index contributed by atoms with van der Waals surface area (Å²) in [5, 5.41) is 8.70. The average molecular weight is 250 g/mol. The van der Waals surface area contributed by atoms with Gasteiger partial charge in [-0.3, -0.25) is 4.79 Å². The number of nitrogens with zero attached hydrogens (tertiary/aromatic N) is 3. The molecule has 1 N–H and O–H groups in total. The molecule has 1 amide bonds. The molecule has 0 saturated carbocycles. The number of hydrogen-bond donors (Lipinski definition) is 1. The van der Waals surface area contributed by atoms with E-state index in [0.29, 0.717) is 5.69 Å². The molecule has 0 aliphatic rings. The lowest BCUT2D eigenvalue weighted by atomic mass is 10.3. The summed E-state index contributed by atoms with van der Waals surface area (Å²) in [7, 11) is 0. The quantitative estimate of drug-likeness (QED) is 0.886. The molecule has 0 aromatic carbocycles. The summed E-state index contributed by atoms with van der Waals surface area (Å²) in [4.78, 5) is 15.8. The topological polar surface area (TPSA) is 59.8 Å². The Morgan fingerprint density at radius 2 is 2.47 bits per heavy atom. The zero-order valence-electron chi connectivity index (χ0n) is 9.59. The van der Waals surface area contributed by atoms with E-state index in [1.54, 1.807) is 27.8 Å². The van der Waals surface area contributed by atoms with E-state index < -0.39 is 0 Å². The third-order valence-corrected chi connectivity index (χ3v) is 2.93. The monoisotopic (exact) mass is 250 g/mol. The van der Waals surface area contributed by atoms with Crippen molar-refractivity contribution in [3.05, 3.63) is 28.8 Å². The van der Waals surface area contributed by atoms with Gasteiger partial charge in [0.1, 0.15) is 11.5 Å². The van der Waals surface area contributed by atoms with Gasteiger partial charge in [-0.1, -0.05) is 13.3 Å². The van der Waals surface area contributed by atoms with Gasteiger partial charge in [-0.15, -0.1) is 11.3 Å². The van der Waals surface area contributed by atoms with Crippen molar-refractivity contribution in [1.82, 2.24) is 14.8 Å². The molecule has 2 aromatic heterocycles. The van der Waals surface area contributed by atoms with E-state index in [1.807, 2.05) is 0 Å². The van der Waals surface area contributed by atoms with Gasteiger partial charge in [0, 0.05) is 18.0 Å². The number of aryl methyl sites for hydroxylation is 1. The van der Waals surface area contributed by atoms with Crippen LogP contribution in [0.4, 0.5) is 5.82 Å². The molecule has 0 fully saturated rings. The fourth-order valence-corrected chi connectivity index (χ4v) is 1.96. The number of hydrogen-bond acceptors (Lipinski definition) is 4. The van der Waals surface area contributed by atoms with E-state index in [4.69, 9.17) is 0 Å². The molecule has 0 radical (unpaired) electrons. The van der Waals surface area contributed by atoms with E-state index in [0.717, 1.165) is 25.2 Å². The second kappa shape index (κ2) is 5.58. The second-order valence-electron chi connectivity index (χ2n) is 3.62. The molecular weight excluding hydrogens is 236 g/mol. The van der Waals surface area contributed by atoms with Gasteiger partial charge in [0.2, 0.25) is 0 Å². The Morgan fingerprint density at radius 3 is 3.18 bits per heavy atom. The summed E-state index contributed by atoms with van der Waals surface area (Å²) < 4.78 is 1.80. The largest absolute Gasteiger partial charge is 0.305 e. The highest BCUT2D eigenvalue weighted by atomic mass is 32.1. The first-order chi connectivity index (χ1) is 8.31. The van der Waals surface area contributed by atoms with Gasteiger partial charge in [0.15, 0.2) is 0 Å². The third-order valence-electron chi connectivity index (χ3n) is 2.35. The number of nitrogens with one attached hydrogen (secondary N) is 1. The van der Waals surface area contributed by atoms with Crippen LogP contribution in [-0.4, -0.2) is 20.7 Å². The lowest BCUT2D eigenvalue weighted by Crippen LogP contribution is -2.16. The van der Waals surface area contributed by atoms with E-state index in [2.05, 4.69) is 22.3 Å². The first-order valence-electron chi connectivity index (χ1n) is 5.52. The predicted octanol–water partition coefficient (Wildman–Crippen LogP) is 2.39. The molecule has 2 aromatic rings. The van der Waals surface area contributed by atoms with Crippen LogP contribution in [-0.2, 0) is 6.54 Å². The maximum atomic E-state index is 11.8. The minimum Gasteiger partial charge on any atom is -0.305 e. The predicted molar refractivity (Wildman–Crippen MR) is 67.2 cm³/mol. The van der Waals surface area contributed by atoms with Crippen molar-refractivity contribution in [2.24, 2.45) is 0 Å². The fourth-order valence-electron chi connectivity index (χ4n) is 1.43. The molecule has 0 spiro atoms. The molecular formula is C11H14N4OS. The second-order valence-corrected chi connectivity index (χ2v) is 4.34. The smallest absolute Gasteiger partial charge is 0.276 e. The first-order valence-corrected chi connectivity index (χ1v) is 6.47. The molecule has 2 heterocycles. The zero-order valence-corrected chi connectivity index (χ0v) is 10.4. The molecule has 0 saturated heterocycles. The minimum atomic E-state index is -0.190.